The number of nitrogens with zero attached hydrogens (tertiary/aromatic N) is 1. The molecule has 0 radical (unpaired) electrons. The van der Waals surface area contributed by atoms with Crippen LogP contribution in [0.1, 0.15) is 59.3 Å². The normalized spacial score (nSPS) is 25.1. The molecular formula is C15H27NO3. The maximum absolute atomic E-state index is 12.4. The number of aliphatic carboxylic acids is 1. The fraction of sp³-hybridized carbons (Fsp3) is 0.867. The summed E-state index contributed by atoms with van der Waals surface area (Å²) in [4.78, 5) is 25.6. The van der Waals surface area contributed by atoms with Gasteiger partial charge in [0.05, 0.1) is 5.41 Å². The highest BCUT2D eigenvalue weighted by Gasteiger charge is 2.42. The summed E-state index contributed by atoms with van der Waals surface area (Å²) in [5, 5.41) is 9.43. The molecule has 4 heteroatoms. The highest BCUT2D eigenvalue weighted by atomic mass is 16.4. The van der Waals surface area contributed by atoms with E-state index in [1.54, 1.807) is 4.90 Å². The maximum atomic E-state index is 12.4. The third kappa shape index (κ3) is 3.71. The molecule has 1 heterocycles. The summed E-state index contributed by atoms with van der Waals surface area (Å²) < 4.78 is 0. The zero-order valence-corrected chi connectivity index (χ0v) is 12.4. The first kappa shape index (κ1) is 16.0. The molecule has 19 heavy (non-hydrogen) atoms. The van der Waals surface area contributed by atoms with E-state index in [4.69, 9.17) is 0 Å². The lowest BCUT2D eigenvalue weighted by atomic mass is 9.77. The average molecular weight is 269 g/mol. The number of hydrogen-bond acceptors (Lipinski definition) is 2. The van der Waals surface area contributed by atoms with Crippen LogP contribution in [0.2, 0.25) is 0 Å². The van der Waals surface area contributed by atoms with Gasteiger partial charge in [0, 0.05) is 19.0 Å². The number of carbonyl (C=O) groups excluding carboxylic acids is 1. The Morgan fingerprint density at radius 1 is 1.37 bits per heavy atom. The summed E-state index contributed by atoms with van der Waals surface area (Å²) in [7, 11) is 0. The quantitative estimate of drug-likeness (QED) is 0.806. The largest absolute Gasteiger partial charge is 0.481 e. The van der Waals surface area contributed by atoms with Crippen LogP contribution in [-0.4, -0.2) is 35.0 Å². The van der Waals surface area contributed by atoms with Crippen LogP contribution in [0.4, 0.5) is 0 Å². The van der Waals surface area contributed by atoms with Crippen LogP contribution < -0.4 is 0 Å². The number of piperidine rings is 1. The molecule has 2 unspecified atom stereocenters. The van der Waals surface area contributed by atoms with Gasteiger partial charge in [0.2, 0.25) is 5.91 Å². The molecular weight excluding hydrogens is 242 g/mol. The van der Waals surface area contributed by atoms with Crippen molar-refractivity contribution in [2.45, 2.75) is 59.3 Å². The Kier molecular flexibility index (Phi) is 5.83. The number of likely N-dealkylation sites (tertiary alicyclic amines) is 1. The van der Waals surface area contributed by atoms with Crippen molar-refractivity contribution >= 4 is 11.9 Å². The minimum absolute atomic E-state index is 0.0152. The number of amides is 1. The molecule has 1 saturated heterocycles. The van der Waals surface area contributed by atoms with Gasteiger partial charge in [-0.1, -0.05) is 33.6 Å². The first-order chi connectivity index (χ1) is 8.96. The second kappa shape index (κ2) is 6.92. The molecule has 0 aromatic rings. The van der Waals surface area contributed by atoms with Crippen molar-refractivity contribution < 1.29 is 14.7 Å². The Morgan fingerprint density at radius 2 is 2.05 bits per heavy atom. The fourth-order valence-electron chi connectivity index (χ4n) is 2.88. The molecule has 1 fully saturated rings. The highest BCUT2D eigenvalue weighted by Crippen LogP contribution is 2.34. The summed E-state index contributed by atoms with van der Waals surface area (Å²) in [6.07, 6.45) is 5.12. The summed E-state index contributed by atoms with van der Waals surface area (Å²) in [5.74, 6) is -0.609. The molecule has 0 aromatic carbocycles. The van der Waals surface area contributed by atoms with Gasteiger partial charge in [-0.25, -0.2) is 0 Å². The lowest BCUT2D eigenvalue weighted by Crippen LogP contribution is -2.50. The van der Waals surface area contributed by atoms with Crippen molar-refractivity contribution in [1.29, 1.82) is 0 Å². The van der Waals surface area contributed by atoms with E-state index < -0.39 is 11.4 Å². The number of rotatable bonds is 6. The van der Waals surface area contributed by atoms with Gasteiger partial charge in [0.1, 0.15) is 0 Å². The minimum Gasteiger partial charge on any atom is -0.481 e. The van der Waals surface area contributed by atoms with Gasteiger partial charge in [-0.15, -0.1) is 0 Å². The number of carboxylic acid groups (broad SMARTS) is 1. The fourth-order valence-corrected chi connectivity index (χ4v) is 2.88. The Bertz CT molecular complexity index is 329. The smallest absolute Gasteiger partial charge is 0.311 e. The topological polar surface area (TPSA) is 57.6 Å². The molecule has 1 aliphatic rings. The molecule has 2 atom stereocenters. The molecule has 1 amide bonds. The van der Waals surface area contributed by atoms with Crippen molar-refractivity contribution in [2.75, 3.05) is 13.1 Å². The number of carbonyl (C=O) groups is 2. The Hall–Kier alpha value is -1.06. The SMILES string of the molecule is CCCCC(C)C(=O)N1CCCC(CC)(C(=O)O)C1. The van der Waals surface area contributed by atoms with Gasteiger partial charge in [-0.2, -0.15) is 0 Å². The molecule has 0 aromatic heterocycles. The Morgan fingerprint density at radius 3 is 2.58 bits per heavy atom. The van der Waals surface area contributed by atoms with Crippen LogP contribution in [0, 0.1) is 11.3 Å². The summed E-state index contributed by atoms with van der Waals surface area (Å²) in [6, 6.07) is 0. The van der Waals surface area contributed by atoms with E-state index in [9.17, 15) is 14.7 Å². The van der Waals surface area contributed by atoms with E-state index in [2.05, 4.69) is 6.92 Å². The van der Waals surface area contributed by atoms with E-state index in [1.807, 2.05) is 13.8 Å². The van der Waals surface area contributed by atoms with E-state index in [0.717, 1.165) is 25.7 Å². The van der Waals surface area contributed by atoms with E-state index >= 15 is 0 Å². The zero-order valence-electron chi connectivity index (χ0n) is 12.4. The molecule has 0 spiro atoms. The van der Waals surface area contributed by atoms with Crippen LogP contribution in [0.3, 0.4) is 0 Å². The zero-order chi connectivity index (χ0) is 14.5. The molecule has 1 N–H and O–H groups in total. The summed E-state index contributed by atoms with van der Waals surface area (Å²) in [6.45, 7) is 7.08. The van der Waals surface area contributed by atoms with E-state index in [1.165, 1.54) is 0 Å². The van der Waals surface area contributed by atoms with Crippen molar-refractivity contribution in [1.82, 2.24) is 4.90 Å². The molecule has 110 valence electrons. The maximum Gasteiger partial charge on any atom is 0.311 e. The number of unbranched alkanes of at least 4 members (excludes halogenated alkanes) is 1. The molecule has 4 nitrogen and oxygen atoms in total. The lowest BCUT2D eigenvalue weighted by Gasteiger charge is -2.40. The van der Waals surface area contributed by atoms with Gasteiger partial charge < -0.3 is 10.0 Å². The van der Waals surface area contributed by atoms with Crippen molar-refractivity contribution in [3.8, 4) is 0 Å². The molecule has 0 saturated carbocycles. The summed E-state index contributed by atoms with van der Waals surface area (Å²) in [5.41, 5.74) is -0.724. The average Bonchev–Trinajstić information content (AvgIpc) is 2.43. The van der Waals surface area contributed by atoms with E-state index in [-0.39, 0.29) is 11.8 Å². The summed E-state index contributed by atoms with van der Waals surface area (Å²) >= 11 is 0. The van der Waals surface area contributed by atoms with Gasteiger partial charge in [0.15, 0.2) is 0 Å². The van der Waals surface area contributed by atoms with Gasteiger partial charge >= 0.3 is 5.97 Å². The first-order valence-electron chi connectivity index (χ1n) is 7.49. The van der Waals surface area contributed by atoms with Gasteiger partial charge in [0.25, 0.3) is 0 Å². The first-order valence-corrected chi connectivity index (χ1v) is 7.49. The third-order valence-corrected chi connectivity index (χ3v) is 4.43. The molecule has 0 aliphatic carbocycles. The minimum atomic E-state index is -0.756. The second-order valence-corrected chi connectivity index (χ2v) is 5.85. The molecule has 1 rings (SSSR count). The van der Waals surface area contributed by atoms with Crippen molar-refractivity contribution in [2.24, 2.45) is 11.3 Å². The van der Waals surface area contributed by atoms with E-state index in [0.29, 0.717) is 25.9 Å². The van der Waals surface area contributed by atoms with Crippen LogP contribution in [0.25, 0.3) is 0 Å². The molecule has 1 aliphatic heterocycles. The second-order valence-electron chi connectivity index (χ2n) is 5.85. The van der Waals surface area contributed by atoms with Gasteiger partial charge in [-0.3, -0.25) is 9.59 Å². The van der Waals surface area contributed by atoms with Crippen molar-refractivity contribution in [3.63, 3.8) is 0 Å². The predicted molar refractivity (Wildman–Crippen MR) is 74.9 cm³/mol. The number of carboxylic acids is 1. The third-order valence-electron chi connectivity index (χ3n) is 4.43. The number of hydrogen-bond donors (Lipinski definition) is 1. The van der Waals surface area contributed by atoms with Crippen LogP contribution in [0.5, 0.6) is 0 Å². The Labute approximate surface area is 116 Å². The Balaban J connectivity index is 2.68. The predicted octanol–water partition coefficient (Wildman–Crippen LogP) is 2.92. The lowest BCUT2D eigenvalue weighted by molar-refractivity contribution is -0.156. The monoisotopic (exact) mass is 269 g/mol. The highest BCUT2D eigenvalue weighted by molar-refractivity contribution is 5.81. The van der Waals surface area contributed by atoms with Crippen LogP contribution in [-0.2, 0) is 9.59 Å². The standard InChI is InChI=1S/C15H27NO3/c1-4-6-8-12(3)13(17)16-10-7-9-15(5-2,11-16)14(18)19/h12H,4-11H2,1-3H3,(H,18,19). The molecule has 0 bridgehead atoms. The van der Waals surface area contributed by atoms with Gasteiger partial charge in [-0.05, 0) is 25.7 Å². The van der Waals surface area contributed by atoms with Crippen LogP contribution >= 0.6 is 0 Å². The van der Waals surface area contributed by atoms with Crippen LogP contribution in [0.15, 0.2) is 0 Å². The van der Waals surface area contributed by atoms with Crippen molar-refractivity contribution in [3.05, 3.63) is 0 Å².